The number of aryl methyl sites for hydroxylation is 1. The zero-order valence-electron chi connectivity index (χ0n) is 18.9. The third kappa shape index (κ3) is 3.84. The number of nitriles is 1. The van der Waals surface area contributed by atoms with Crippen molar-refractivity contribution >= 4 is 17.3 Å². The van der Waals surface area contributed by atoms with Gasteiger partial charge in [0.15, 0.2) is 0 Å². The van der Waals surface area contributed by atoms with Crippen molar-refractivity contribution in [3.63, 3.8) is 0 Å². The summed E-state index contributed by atoms with van der Waals surface area (Å²) in [7, 11) is 0. The molecule has 3 aliphatic rings. The molecular weight excluding hydrogens is 414 g/mol. The number of phenolic OH excluding ortho intramolecular Hbond substituents is 1. The van der Waals surface area contributed by atoms with E-state index in [0.717, 1.165) is 41.9 Å². The molecule has 0 bridgehead atoms. The number of benzene rings is 1. The summed E-state index contributed by atoms with van der Waals surface area (Å²) in [4.78, 5) is 17.1. The molecule has 2 atom stereocenters. The van der Waals surface area contributed by atoms with Crippen molar-refractivity contribution in [3.05, 3.63) is 52.8 Å². The van der Waals surface area contributed by atoms with Gasteiger partial charge in [0.2, 0.25) is 0 Å². The summed E-state index contributed by atoms with van der Waals surface area (Å²) in [5.41, 5.74) is 4.54. The molecule has 7 nitrogen and oxygen atoms in total. The van der Waals surface area contributed by atoms with Gasteiger partial charge in [-0.15, -0.1) is 0 Å². The van der Waals surface area contributed by atoms with E-state index in [0.29, 0.717) is 24.1 Å². The van der Waals surface area contributed by atoms with Crippen LogP contribution in [0.2, 0.25) is 0 Å². The molecule has 1 aliphatic heterocycles. The second-order valence-electron chi connectivity index (χ2n) is 9.27. The van der Waals surface area contributed by atoms with Gasteiger partial charge in [-0.3, -0.25) is 9.80 Å². The third-order valence-electron chi connectivity index (χ3n) is 7.22. The van der Waals surface area contributed by atoms with Crippen molar-refractivity contribution < 1.29 is 9.90 Å². The minimum absolute atomic E-state index is 0.0138. The summed E-state index contributed by atoms with van der Waals surface area (Å²) >= 11 is 0. The van der Waals surface area contributed by atoms with Gasteiger partial charge in [0.05, 0.1) is 28.7 Å². The lowest BCUT2D eigenvalue weighted by Crippen LogP contribution is -2.40. The largest absolute Gasteiger partial charge is 0.506 e. The van der Waals surface area contributed by atoms with Crippen LogP contribution in [0.15, 0.2) is 35.4 Å². The quantitative estimate of drug-likeness (QED) is 0.723. The van der Waals surface area contributed by atoms with Gasteiger partial charge >= 0.3 is 0 Å². The maximum Gasteiger partial charge on any atom is 0.269 e. The number of aromatic hydroxyl groups is 1. The Morgan fingerprint density at radius 1 is 1.24 bits per heavy atom. The number of phenols is 1. The van der Waals surface area contributed by atoms with Crippen LogP contribution in [-0.4, -0.2) is 34.3 Å². The number of hydrogen-bond donors (Lipinski definition) is 2. The van der Waals surface area contributed by atoms with Crippen LogP contribution in [0.1, 0.15) is 72.8 Å². The monoisotopic (exact) mass is 443 g/mol. The van der Waals surface area contributed by atoms with E-state index in [2.05, 4.69) is 10.3 Å². The van der Waals surface area contributed by atoms with E-state index >= 15 is 0 Å². The SMILES string of the molecule is CCCNC(=O)c1ccc2c(n1)CCC1C2=NN(c2ccc(C#N)c(O)c2)C1C1CCCC1. The lowest BCUT2D eigenvalue weighted by Gasteiger charge is -2.34. The van der Waals surface area contributed by atoms with Crippen LogP contribution < -0.4 is 10.3 Å². The smallest absolute Gasteiger partial charge is 0.269 e. The topological polar surface area (TPSA) is 102 Å². The molecule has 0 spiro atoms. The summed E-state index contributed by atoms with van der Waals surface area (Å²) in [6, 6.07) is 11.3. The predicted octanol–water partition coefficient (Wildman–Crippen LogP) is 4.14. The van der Waals surface area contributed by atoms with Gasteiger partial charge in [0.1, 0.15) is 17.5 Å². The number of pyridine rings is 1. The Hall–Kier alpha value is -3.40. The van der Waals surface area contributed by atoms with Crippen LogP contribution in [0.25, 0.3) is 0 Å². The molecule has 1 aromatic heterocycles. The Labute approximate surface area is 194 Å². The molecule has 33 heavy (non-hydrogen) atoms. The van der Waals surface area contributed by atoms with E-state index in [1.54, 1.807) is 18.2 Å². The van der Waals surface area contributed by atoms with E-state index in [4.69, 9.17) is 10.1 Å². The molecule has 170 valence electrons. The summed E-state index contributed by atoms with van der Waals surface area (Å²) in [6.07, 6.45) is 7.50. The average Bonchev–Trinajstić information content (AvgIpc) is 3.49. The molecule has 2 aromatic rings. The highest BCUT2D eigenvalue weighted by Crippen LogP contribution is 2.45. The van der Waals surface area contributed by atoms with Crippen molar-refractivity contribution in [3.8, 4) is 11.8 Å². The van der Waals surface area contributed by atoms with Gasteiger partial charge in [-0.05, 0) is 62.3 Å². The van der Waals surface area contributed by atoms with Gasteiger partial charge in [-0.1, -0.05) is 19.8 Å². The average molecular weight is 444 g/mol. The minimum atomic E-state index is -0.131. The molecule has 5 rings (SSSR count). The van der Waals surface area contributed by atoms with E-state index in [9.17, 15) is 15.2 Å². The minimum Gasteiger partial charge on any atom is -0.506 e. The molecule has 0 radical (unpaired) electrons. The van der Waals surface area contributed by atoms with Gasteiger partial charge in [0.25, 0.3) is 5.91 Å². The van der Waals surface area contributed by atoms with E-state index in [1.807, 2.05) is 25.1 Å². The fraction of sp³-hybridized carbons (Fsp3) is 0.462. The third-order valence-corrected chi connectivity index (χ3v) is 7.22. The molecule has 1 amide bonds. The highest BCUT2D eigenvalue weighted by Gasteiger charge is 2.46. The van der Waals surface area contributed by atoms with E-state index in [-0.39, 0.29) is 23.3 Å². The van der Waals surface area contributed by atoms with Crippen molar-refractivity contribution in [2.24, 2.45) is 16.9 Å². The molecule has 1 fully saturated rings. The summed E-state index contributed by atoms with van der Waals surface area (Å²) < 4.78 is 0. The first-order valence-electron chi connectivity index (χ1n) is 12.0. The van der Waals surface area contributed by atoms with Crippen LogP contribution in [0, 0.1) is 23.2 Å². The number of fused-ring (bicyclic) bond motifs is 3. The summed E-state index contributed by atoms with van der Waals surface area (Å²) in [5.74, 6) is 0.691. The fourth-order valence-corrected chi connectivity index (χ4v) is 5.64. The van der Waals surface area contributed by atoms with Gasteiger partial charge < -0.3 is 10.4 Å². The number of amides is 1. The standard InChI is InChI=1S/C26H29N5O2/c1-2-13-28-26(33)22-12-9-19-21(29-22)11-10-20-24(19)30-31(25(20)16-5-3-4-6-16)18-8-7-17(15-27)23(32)14-18/h7-9,12,14,16,20,25,32H,2-6,10-11,13H2,1H3,(H,28,33). The lowest BCUT2D eigenvalue weighted by atomic mass is 9.76. The molecule has 2 heterocycles. The molecule has 0 saturated heterocycles. The number of carbonyl (C=O) groups is 1. The van der Waals surface area contributed by atoms with E-state index in [1.165, 1.54) is 25.7 Å². The molecule has 2 aliphatic carbocycles. The maximum absolute atomic E-state index is 12.4. The Morgan fingerprint density at radius 3 is 2.79 bits per heavy atom. The molecule has 7 heteroatoms. The van der Waals surface area contributed by atoms with Gasteiger partial charge in [-0.2, -0.15) is 10.4 Å². The number of aromatic nitrogens is 1. The van der Waals surface area contributed by atoms with Gasteiger partial charge in [0, 0.05) is 24.1 Å². The van der Waals surface area contributed by atoms with Crippen LogP contribution in [0.4, 0.5) is 5.69 Å². The number of rotatable bonds is 5. The number of hydrazone groups is 1. The Balaban J connectivity index is 1.52. The summed E-state index contributed by atoms with van der Waals surface area (Å²) in [6.45, 7) is 2.67. The number of carbonyl (C=O) groups excluding carboxylic acids is 1. The van der Waals surface area contributed by atoms with Crippen molar-refractivity contribution in [1.29, 1.82) is 5.26 Å². The molecular formula is C26H29N5O2. The zero-order chi connectivity index (χ0) is 22.9. The second-order valence-corrected chi connectivity index (χ2v) is 9.27. The second kappa shape index (κ2) is 8.86. The first kappa shape index (κ1) is 21.4. The van der Waals surface area contributed by atoms with Crippen LogP contribution >= 0.6 is 0 Å². The van der Waals surface area contributed by atoms with Gasteiger partial charge in [-0.25, -0.2) is 4.98 Å². The molecule has 1 aromatic carbocycles. The van der Waals surface area contributed by atoms with Crippen LogP contribution in [0.5, 0.6) is 5.75 Å². The maximum atomic E-state index is 12.4. The Morgan fingerprint density at radius 2 is 2.06 bits per heavy atom. The zero-order valence-corrected chi connectivity index (χ0v) is 18.9. The normalized spacial score (nSPS) is 21.8. The molecule has 2 N–H and O–H groups in total. The van der Waals surface area contributed by atoms with E-state index < -0.39 is 0 Å². The number of hydrogen-bond acceptors (Lipinski definition) is 6. The number of anilines is 1. The lowest BCUT2D eigenvalue weighted by molar-refractivity contribution is 0.0948. The predicted molar refractivity (Wildman–Crippen MR) is 126 cm³/mol. The highest BCUT2D eigenvalue weighted by molar-refractivity contribution is 6.07. The molecule has 1 saturated carbocycles. The fourth-order valence-electron chi connectivity index (χ4n) is 5.64. The number of nitrogens with zero attached hydrogens (tertiary/aromatic N) is 4. The summed E-state index contributed by atoms with van der Waals surface area (Å²) in [5, 5.41) is 29.6. The van der Waals surface area contributed by atoms with Crippen molar-refractivity contribution in [2.45, 2.75) is 57.9 Å². The Bertz CT molecular complexity index is 1150. The van der Waals surface area contributed by atoms with Crippen molar-refractivity contribution in [2.75, 3.05) is 11.6 Å². The first-order chi connectivity index (χ1) is 16.1. The Kier molecular flexibility index (Phi) is 5.76. The first-order valence-corrected chi connectivity index (χ1v) is 12.0. The molecule has 2 unspecified atom stereocenters. The number of nitrogens with one attached hydrogen (secondary N) is 1. The highest BCUT2D eigenvalue weighted by atomic mass is 16.3. The van der Waals surface area contributed by atoms with Crippen LogP contribution in [-0.2, 0) is 6.42 Å². The van der Waals surface area contributed by atoms with Crippen LogP contribution in [0.3, 0.4) is 0 Å². The van der Waals surface area contributed by atoms with Crippen molar-refractivity contribution in [1.82, 2.24) is 10.3 Å².